The van der Waals surface area contributed by atoms with Crippen LogP contribution in [0.2, 0.25) is 0 Å². The lowest BCUT2D eigenvalue weighted by atomic mass is 10.2. The van der Waals surface area contributed by atoms with Gasteiger partial charge < -0.3 is 24.3 Å². The minimum atomic E-state index is -0.465. The Kier molecular flexibility index (Phi) is 7.26. The molecule has 2 aromatic carbocycles. The molecule has 160 valence electrons. The van der Waals surface area contributed by atoms with Crippen LogP contribution in [0, 0.1) is 0 Å². The average Bonchev–Trinajstić information content (AvgIpc) is 3.20. The predicted octanol–water partition coefficient (Wildman–Crippen LogP) is 3.17. The molecule has 0 fully saturated rings. The van der Waals surface area contributed by atoms with Gasteiger partial charge in [-0.2, -0.15) is 0 Å². The summed E-state index contributed by atoms with van der Waals surface area (Å²) in [6.45, 7) is 5.06. The van der Waals surface area contributed by atoms with Crippen LogP contribution in [0.5, 0.6) is 11.5 Å². The fraction of sp³-hybridized carbons (Fsp3) is 0.364. The van der Waals surface area contributed by atoms with Crippen molar-refractivity contribution in [1.82, 2.24) is 14.9 Å². The van der Waals surface area contributed by atoms with Crippen molar-refractivity contribution >= 4 is 16.9 Å². The first kappa shape index (κ1) is 21.6. The van der Waals surface area contributed by atoms with Gasteiger partial charge in [0.25, 0.3) is 5.91 Å². The maximum atomic E-state index is 12.6. The van der Waals surface area contributed by atoms with E-state index in [1.54, 1.807) is 32.7 Å². The molecule has 0 bridgehead atoms. The predicted molar refractivity (Wildman–Crippen MR) is 114 cm³/mol. The quantitative estimate of drug-likeness (QED) is 0.514. The van der Waals surface area contributed by atoms with Crippen molar-refractivity contribution in [3.8, 4) is 17.2 Å². The topological polar surface area (TPSA) is 83.8 Å². The maximum Gasteiger partial charge on any atom is 0.251 e. The average molecular weight is 413 g/mol. The lowest BCUT2D eigenvalue weighted by Crippen LogP contribution is -2.35. The van der Waals surface area contributed by atoms with Crippen LogP contribution < -0.4 is 14.8 Å². The Morgan fingerprint density at radius 3 is 2.50 bits per heavy atom. The van der Waals surface area contributed by atoms with E-state index in [4.69, 9.17) is 18.9 Å². The Hall–Kier alpha value is -3.10. The van der Waals surface area contributed by atoms with Crippen LogP contribution >= 0.6 is 0 Å². The summed E-state index contributed by atoms with van der Waals surface area (Å²) < 4.78 is 23.6. The van der Waals surface area contributed by atoms with Crippen molar-refractivity contribution in [2.75, 3.05) is 34.0 Å². The molecule has 1 aromatic heterocycles. The molecule has 0 radical (unpaired) electrons. The summed E-state index contributed by atoms with van der Waals surface area (Å²) >= 11 is 0. The first-order valence-corrected chi connectivity index (χ1v) is 9.82. The summed E-state index contributed by atoms with van der Waals surface area (Å²) in [4.78, 5) is 17.0. The number of hydrogen-bond donors (Lipinski definition) is 1. The van der Waals surface area contributed by atoms with Crippen molar-refractivity contribution in [3.63, 3.8) is 0 Å². The van der Waals surface area contributed by atoms with Crippen molar-refractivity contribution in [2.24, 2.45) is 0 Å². The molecule has 3 aromatic rings. The highest BCUT2D eigenvalue weighted by atomic mass is 16.7. The number of nitrogens with zero attached hydrogens (tertiary/aromatic N) is 2. The van der Waals surface area contributed by atoms with Gasteiger partial charge in [0.05, 0.1) is 37.5 Å². The minimum Gasteiger partial charge on any atom is -0.497 e. The van der Waals surface area contributed by atoms with Gasteiger partial charge in [-0.05, 0) is 44.2 Å². The number of carbonyl (C=O) groups is 1. The Bertz CT molecular complexity index is 996. The maximum absolute atomic E-state index is 12.6. The zero-order chi connectivity index (χ0) is 21.5. The molecule has 1 heterocycles. The second-order valence-corrected chi connectivity index (χ2v) is 6.41. The summed E-state index contributed by atoms with van der Waals surface area (Å²) in [6.07, 6.45) is 1.23. The van der Waals surface area contributed by atoms with Crippen LogP contribution in [0.1, 0.15) is 24.2 Å². The summed E-state index contributed by atoms with van der Waals surface area (Å²) in [5.74, 6) is 1.19. The van der Waals surface area contributed by atoms with Crippen molar-refractivity contribution in [3.05, 3.63) is 48.3 Å². The standard InChI is InChI=1S/C22H27N3O5/c1-5-29-21(30-6-2)13-23-22(26)15-7-9-18-17(11-15)24-14-25(18)19-12-16(27-3)8-10-20(19)28-4/h7-12,14,21H,5-6,13H2,1-4H3,(H,23,26). The molecule has 1 amide bonds. The molecule has 30 heavy (non-hydrogen) atoms. The van der Waals surface area contributed by atoms with Crippen LogP contribution in [-0.2, 0) is 9.47 Å². The van der Waals surface area contributed by atoms with Crippen LogP contribution in [0.15, 0.2) is 42.7 Å². The third kappa shape index (κ3) is 4.72. The van der Waals surface area contributed by atoms with E-state index in [-0.39, 0.29) is 12.5 Å². The molecule has 0 unspecified atom stereocenters. The number of ether oxygens (including phenoxy) is 4. The number of aromatic nitrogens is 2. The minimum absolute atomic E-state index is 0.213. The number of hydrogen-bond acceptors (Lipinski definition) is 6. The number of methoxy groups -OCH3 is 2. The van der Waals surface area contributed by atoms with Gasteiger partial charge in [0, 0.05) is 24.8 Å². The number of amides is 1. The number of imidazole rings is 1. The van der Waals surface area contributed by atoms with E-state index in [1.807, 2.05) is 42.7 Å². The van der Waals surface area contributed by atoms with Crippen LogP contribution in [0.25, 0.3) is 16.7 Å². The summed E-state index contributed by atoms with van der Waals surface area (Å²) in [5.41, 5.74) is 2.85. The summed E-state index contributed by atoms with van der Waals surface area (Å²) in [6, 6.07) is 10.9. The van der Waals surface area contributed by atoms with E-state index in [2.05, 4.69) is 10.3 Å². The molecule has 3 rings (SSSR count). The first-order valence-electron chi connectivity index (χ1n) is 9.82. The third-order valence-corrected chi connectivity index (χ3v) is 4.59. The van der Waals surface area contributed by atoms with E-state index < -0.39 is 6.29 Å². The van der Waals surface area contributed by atoms with Crippen LogP contribution in [0.3, 0.4) is 0 Å². The van der Waals surface area contributed by atoms with Crippen molar-refractivity contribution in [2.45, 2.75) is 20.1 Å². The highest BCUT2D eigenvalue weighted by Gasteiger charge is 2.15. The molecule has 1 N–H and O–H groups in total. The molecule has 0 saturated carbocycles. The smallest absolute Gasteiger partial charge is 0.251 e. The Labute approximate surface area is 175 Å². The summed E-state index contributed by atoms with van der Waals surface area (Å²) in [7, 11) is 3.23. The second kappa shape index (κ2) is 10.1. The van der Waals surface area contributed by atoms with Gasteiger partial charge in [0.15, 0.2) is 6.29 Å². The molecule has 0 aliphatic carbocycles. The second-order valence-electron chi connectivity index (χ2n) is 6.41. The highest BCUT2D eigenvalue weighted by molar-refractivity contribution is 5.97. The largest absolute Gasteiger partial charge is 0.497 e. The number of benzene rings is 2. The fourth-order valence-corrected chi connectivity index (χ4v) is 3.15. The molecule has 0 saturated heterocycles. The number of rotatable bonds is 10. The van der Waals surface area contributed by atoms with Crippen LogP contribution in [-0.4, -0.2) is 55.7 Å². The number of carbonyl (C=O) groups excluding carboxylic acids is 1. The van der Waals surface area contributed by atoms with Gasteiger partial charge >= 0.3 is 0 Å². The van der Waals surface area contributed by atoms with E-state index >= 15 is 0 Å². The highest BCUT2D eigenvalue weighted by Crippen LogP contribution is 2.30. The SMILES string of the molecule is CCOC(CNC(=O)c1ccc2c(c1)ncn2-c1cc(OC)ccc1OC)OCC. The van der Waals surface area contributed by atoms with Crippen LogP contribution in [0.4, 0.5) is 0 Å². The van der Waals surface area contributed by atoms with Gasteiger partial charge in [0.2, 0.25) is 0 Å². The first-order chi connectivity index (χ1) is 14.6. The lowest BCUT2D eigenvalue weighted by molar-refractivity contribution is -0.131. The Morgan fingerprint density at radius 2 is 1.83 bits per heavy atom. The monoisotopic (exact) mass is 413 g/mol. The number of fused-ring (bicyclic) bond motifs is 1. The van der Waals surface area contributed by atoms with E-state index in [9.17, 15) is 4.79 Å². The molecule has 0 aliphatic rings. The van der Waals surface area contributed by atoms with Gasteiger partial charge in [-0.25, -0.2) is 4.98 Å². The van der Waals surface area contributed by atoms with E-state index in [0.717, 1.165) is 11.2 Å². The summed E-state index contributed by atoms with van der Waals surface area (Å²) in [5, 5.41) is 2.85. The molecular formula is C22H27N3O5. The number of nitrogens with one attached hydrogen (secondary N) is 1. The molecular weight excluding hydrogens is 386 g/mol. The van der Waals surface area contributed by atoms with Crippen molar-refractivity contribution < 1.29 is 23.7 Å². The zero-order valence-corrected chi connectivity index (χ0v) is 17.7. The molecule has 8 heteroatoms. The van der Waals surface area contributed by atoms with Gasteiger partial charge in [-0.1, -0.05) is 0 Å². The molecule has 8 nitrogen and oxygen atoms in total. The van der Waals surface area contributed by atoms with Crippen molar-refractivity contribution in [1.29, 1.82) is 0 Å². The molecule has 0 spiro atoms. The van der Waals surface area contributed by atoms with Gasteiger partial charge in [-0.3, -0.25) is 9.36 Å². The fourth-order valence-electron chi connectivity index (χ4n) is 3.15. The third-order valence-electron chi connectivity index (χ3n) is 4.59. The normalized spacial score (nSPS) is 11.1. The lowest BCUT2D eigenvalue weighted by Gasteiger charge is -2.17. The Morgan fingerprint density at radius 1 is 1.07 bits per heavy atom. The molecule has 0 aliphatic heterocycles. The van der Waals surface area contributed by atoms with E-state index in [1.165, 1.54) is 0 Å². The Balaban J connectivity index is 1.83. The van der Waals surface area contributed by atoms with Gasteiger partial charge in [0.1, 0.15) is 17.8 Å². The van der Waals surface area contributed by atoms with E-state index in [0.29, 0.717) is 35.8 Å². The molecule has 0 atom stereocenters. The van der Waals surface area contributed by atoms with Gasteiger partial charge in [-0.15, -0.1) is 0 Å². The zero-order valence-electron chi connectivity index (χ0n) is 17.7.